The van der Waals surface area contributed by atoms with Gasteiger partial charge in [-0.15, -0.1) is 0 Å². The van der Waals surface area contributed by atoms with E-state index in [2.05, 4.69) is 0 Å². The van der Waals surface area contributed by atoms with Gasteiger partial charge in [-0.1, -0.05) is 60.7 Å². The van der Waals surface area contributed by atoms with Gasteiger partial charge < -0.3 is 14.2 Å². The molecule has 7 nitrogen and oxygen atoms in total. The van der Waals surface area contributed by atoms with Gasteiger partial charge in [0.05, 0.1) is 7.11 Å². The maximum Gasteiger partial charge on any atom is 0.324 e. The first-order valence-corrected chi connectivity index (χ1v) is 12.3. The molecule has 0 bridgehead atoms. The fourth-order valence-electron chi connectivity index (χ4n) is 4.69. The molecule has 0 spiro atoms. The second kappa shape index (κ2) is 10.8. The number of carbonyl (C=O) groups is 2. The first-order chi connectivity index (χ1) is 18.5. The quantitative estimate of drug-likeness (QED) is 0.258. The average Bonchev–Trinajstić information content (AvgIpc) is 3.35. The fourth-order valence-corrected chi connectivity index (χ4v) is 4.69. The summed E-state index contributed by atoms with van der Waals surface area (Å²) in [6.45, 7) is 0.0603. The van der Waals surface area contributed by atoms with Crippen molar-refractivity contribution in [3.05, 3.63) is 130 Å². The lowest BCUT2D eigenvalue weighted by Gasteiger charge is -2.24. The van der Waals surface area contributed by atoms with Crippen molar-refractivity contribution in [2.24, 2.45) is 5.41 Å². The van der Waals surface area contributed by atoms with Gasteiger partial charge in [0.15, 0.2) is 5.41 Å². The van der Waals surface area contributed by atoms with E-state index < -0.39 is 17.4 Å². The number of pyridine rings is 1. The molecular weight excluding hydrogens is 482 g/mol. The van der Waals surface area contributed by atoms with Crippen LogP contribution in [0.3, 0.4) is 0 Å². The van der Waals surface area contributed by atoms with Crippen LogP contribution in [0.5, 0.6) is 5.75 Å². The number of ether oxygens (including phenoxy) is 3. The lowest BCUT2D eigenvalue weighted by Crippen LogP contribution is -2.42. The summed E-state index contributed by atoms with van der Waals surface area (Å²) in [5.41, 5.74) is 1.76. The van der Waals surface area contributed by atoms with Gasteiger partial charge in [0.1, 0.15) is 19.0 Å². The van der Waals surface area contributed by atoms with Gasteiger partial charge in [-0.3, -0.25) is 19.0 Å². The molecule has 192 valence electrons. The number of nitrogens with zero attached hydrogens (tertiary/aromatic N) is 1. The molecule has 0 amide bonds. The summed E-state index contributed by atoms with van der Waals surface area (Å²) in [7, 11) is 1.57. The highest BCUT2D eigenvalue weighted by atomic mass is 16.6. The Morgan fingerprint density at radius 3 is 1.82 bits per heavy atom. The second-order valence-corrected chi connectivity index (χ2v) is 9.29. The van der Waals surface area contributed by atoms with Crippen molar-refractivity contribution in [2.75, 3.05) is 7.11 Å². The molecule has 3 aromatic carbocycles. The number of methoxy groups -OCH3 is 1. The Morgan fingerprint density at radius 2 is 1.29 bits per heavy atom. The van der Waals surface area contributed by atoms with Crippen molar-refractivity contribution >= 4 is 11.9 Å². The minimum atomic E-state index is -1.59. The van der Waals surface area contributed by atoms with Crippen LogP contribution in [-0.2, 0) is 45.1 Å². The van der Waals surface area contributed by atoms with E-state index in [1.165, 1.54) is 10.6 Å². The van der Waals surface area contributed by atoms with E-state index in [0.717, 1.165) is 11.1 Å². The second-order valence-electron chi connectivity index (χ2n) is 9.29. The number of benzene rings is 3. The largest absolute Gasteiger partial charge is 0.497 e. The molecule has 0 fully saturated rings. The number of esters is 2. The third-order valence-corrected chi connectivity index (χ3v) is 6.77. The van der Waals surface area contributed by atoms with Crippen LogP contribution in [0.2, 0.25) is 0 Å². The minimum Gasteiger partial charge on any atom is -0.497 e. The van der Waals surface area contributed by atoms with E-state index in [1.807, 2.05) is 60.7 Å². The summed E-state index contributed by atoms with van der Waals surface area (Å²) < 4.78 is 18.0. The zero-order valence-electron chi connectivity index (χ0n) is 21.0. The van der Waals surface area contributed by atoms with Gasteiger partial charge in [0, 0.05) is 30.8 Å². The maximum absolute atomic E-state index is 13.6. The highest BCUT2D eigenvalue weighted by Gasteiger charge is 2.53. The zero-order chi connectivity index (χ0) is 26.5. The standard InChI is InChI=1S/C31H27NO6/c1-36-27-14-12-26(13-15-27)32-19-25-18-31(17-24(25)16-28(32)33,29(34)37-20-22-8-4-2-5-9-22)30(35)38-21-23-10-6-3-7-11-23/h2-16,19H,17-18,20-21H2,1H3. The Hall–Kier alpha value is -4.65. The van der Waals surface area contributed by atoms with Crippen LogP contribution in [0.15, 0.2) is 102 Å². The molecule has 1 heterocycles. The molecule has 0 atom stereocenters. The van der Waals surface area contributed by atoms with Crippen molar-refractivity contribution in [1.82, 2.24) is 4.57 Å². The molecule has 1 aliphatic carbocycles. The van der Waals surface area contributed by atoms with Gasteiger partial charge in [0.2, 0.25) is 0 Å². The molecule has 4 aromatic rings. The average molecular weight is 510 g/mol. The van der Waals surface area contributed by atoms with Crippen molar-refractivity contribution in [2.45, 2.75) is 26.1 Å². The fraction of sp³-hybridized carbons (Fsp3) is 0.194. The summed E-state index contributed by atoms with van der Waals surface area (Å²) in [6.07, 6.45) is 1.79. The molecule has 1 aromatic heterocycles. The minimum absolute atomic E-state index is 0.0300. The number of hydrogen-bond acceptors (Lipinski definition) is 6. The summed E-state index contributed by atoms with van der Waals surface area (Å²) in [6, 6.07) is 27.1. The molecule has 0 N–H and O–H groups in total. The topological polar surface area (TPSA) is 83.8 Å². The van der Waals surface area contributed by atoms with E-state index in [4.69, 9.17) is 14.2 Å². The molecule has 0 radical (unpaired) electrons. The van der Waals surface area contributed by atoms with E-state index in [-0.39, 0.29) is 31.6 Å². The Kier molecular flexibility index (Phi) is 7.09. The molecule has 0 unspecified atom stereocenters. The van der Waals surface area contributed by atoms with Crippen molar-refractivity contribution in [1.29, 1.82) is 0 Å². The Bertz CT molecular complexity index is 1440. The monoisotopic (exact) mass is 509 g/mol. The molecule has 7 heteroatoms. The van der Waals surface area contributed by atoms with Crippen molar-refractivity contribution in [3.63, 3.8) is 0 Å². The zero-order valence-corrected chi connectivity index (χ0v) is 21.0. The Balaban J connectivity index is 1.44. The molecule has 38 heavy (non-hydrogen) atoms. The smallest absolute Gasteiger partial charge is 0.324 e. The highest BCUT2D eigenvalue weighted by Crippen LogP contribution is 2.39. The maximum atomic E-state index is 13.6. The van der Waals surface area contributed by atoms with E-state index >= 15 is 0 Å². The molecular formula is C31H27NO6. The van der Waals surface area contributed by atoms with Gasteiger partial charge in [-0.25, -0.2) is 0 Å². The summed E-state index contributed by atoms with van der Waals surface area (Å²) >= 11 is 0. The predicted molar refractivity (Wildman–Crippen MR) is 141 cm³/mol. The van der Waals surface area contributed by atoms with Crippen LogP contribution in [0, 0.1) is 5.41 Å². The number of rotatable bonds is 8. The van der Waals surface area contributed by atoms with Crippen molar-refractivity contribution < 1.29 is 23.8 Å². The first-order valence-electron chi connectivity index (χ1n) is 12.3. The SMILES string of the molecule is COc1ccc(-n2cc3c(cc2=O)CC(C(=O)OCc2ccccc2)(C(=O)OCc2ccccc2)C3)cc1. The van der Waals surface area contributed by atoms with Crippen LogP contribution in [-0.4, -0.2) is 23.6 Å². The molecule has 0 saturated carbocycles. The Morgan fingerprint density at radius 1 is 0.763 bits per heavy atom. The van der Waals surface area contributed by atoms with E-state index in [9.17, 15) is 14.4 Å². The van der Waals surface area contributed by atoms with E-state index in [1.54, 1.807) is 37.6 Å². The van der Waals surface area contributed by atoms with Crippen LogP contribution in [0.25, 0.3) is 5.69 Å². The lowest BCUT2D eigenvalue weighted by molar-refractivity contribution is -0.173. The normalized spacial score (nSPS) is 13.4. The molecule has 1 aliphatic rings. The molecule has 5 rings (SSSR count). The summed E-state index contributed by atoms with van der Waals surface area (Å²) in [5, 5.41) is 0. The van der Waals surface area contributed by atoms with Crippen LogP contribution >= 0.6 is 0 Å². The summed E-state index contributed by atoms with van der Waals surface area (Å²) in [5.74, 6) is -0.664. The lowest BCUT2D eigenvalue weighted by atomic mass is 9.84. The van der Waals surface area contributed by atoms with Crippen LogP contribution < -0.4 is 10.3 Å². The van der Waals surface area contributed by atoms with Crippen molar-refractivity contribution in [3.8, 4) is 11.4 Å². The predicted octanol–water partition coefficient (Wildman–Crippen LogP) is 4.42. The Labute approximate surface area is 220 Å². The molecule has 0 saturated heterocycles. The third kappa shape index (κ3) is 5.09. The van der Waals surface area contributed by atoms with Crippen LogP contribution in [0.4, 0.5) is 0 Å². The van der Waals surface area contributed by atoms with Gasteiger partial charge >= 0.3 is 11.9 Å². The van der Waals surface area contributed by atoms with Gasteiger partial charge in [-0.2, -0.15) is 0 Å². The number of carbonyl (C=O) groups excluding carboxylic acids is 2. The van der Waals surface area contributed by atoms with Crippen LogP contribution in [0.1, 0.15) is 22.3 Å². The van der Waals surface area contributed by atoms with Gasteiger partial charge in [-0.05, 0) is 46.5 Å². The summed E-state index contributed by atoms with van der Waals surface area (Å²) in [4.78, 5) is 40.1. The number of fused-ring (bicyclic) bond motifs is 1. The number of hydrogen-bond donors (Lipinski definition) is 0. The highest BCUT2D eigenvalue weighted by molar-refractivity contribution is 6.01. The number of aromatic nitrogens is 1. The van der Waals surface area contributed by atoms with E-state index in [0.29, 0.717) is 22.6 Å². The first kappa shape index (κ1) is 25.0. The molecule has 0 aliphatic heterocycles. The third-order valence-electron chi connectivity index (χ3n) is 6.77. The van der Waals surface area contributed by atoms with Gasteiger partial charge in [0.25, 0.3) is 5.56 Å².